The highest BCUT2D eigenvalue weighted by Gasteiger charge is 2.17. The van der Waals surface area contributed by atoms with Gasteiger partial charge in [0.15, 0.2) is 11.5 Å². The molecular weight excluding hydrogens is 398 g/mol. The SMILES string of the molecule is N#Cc1cccc(NCc2ccc(-n3c(-c4cccnc4N)nc4cccnc43)cc2)c1. The van der Waals surface area contributed by atoms with Gasteiger partial charge in [0.05, 0.1) is 17.2 Å². The summed E-state index contributed by atoms with van der Waals surface area (Å²) in [5.41, 5.74) is 12.0. The maximum atomic E-state index is 9.06. The second kappa shape index (κ2) is 8.20. The summed E-state index contributed by atoms with van der Waals surface area (Å²) in [7, 11) is 0. The molecule has 32 heavy (non-hydrogen) atoms. The smallest absolute Gasteiger partial charge is 0.164 e. The summed E-state index contributed by atoms with van der Waals surface area (Å²) < 4.78 is 2.00. The fourth-order valence-corrected chi connectivity index (χ4v) is 3.61. The number of nitrogens with zero attached hydrogens (tertiary/aromatic N) is 5. The lowest BCUT2D eigenvalue weighted by molar-refractivity contribution is 1.06. The molecule has 154 valence electrons. The molecule has 3 heterocycles. The molecule has 0 fully saturated rings. The number of hydrogen-bond donors (Lipinski definition) is 2. The zero-order valence-electron chi connectivity index (χ0n) is 17.1. The standard InChI is InChI=1S/C25H19N7/c26-15-18-4-1-5-19(14-18)30-16-17-8-10-20(11-9-17)32-24(21-6-2-12-28-23(21)27)31-22-7-3-13-29-25(22)32/h1-14,30H,16H2,(H2,27,28). The topological polar surface area (TPSA) is 105 Å². The molecule has 0 saturated heterocycles. The highest BCUT2D eigenvalue weighted by Crippen LogP contribution is 2.30. The molecule has 0 unspecified atom stereocenters. The van der Waals surface area contributed by atoms with Gasteiger partial charge in [-0.1, -0.05) is 18.2 Å². The molecule has 0 amide bonds. The van der Waals surface area contributed by atoms with Gasteiger partial charge >= 0.3 is 0 Å². The van der Waals surface area contributed by atoms with E-state index in [1.807, 2.05) is 59.2 Å². The molecule has 0 spiro atoms. The number of nitrogens with one attached hydrogen (secondary N) is 1. The largest absolute Gasteiger partial charge is 0.383 e. The fraction of sp³-hybridized carbons (Fsp3) is 0.0400. The van der Waals surface area contributed by atoms with Gasteiger partial charge in [-0.25, -0.2) is 15.0 Å². The van der Waals surface area contributed by atoms with Gasteiger partial charge in [0.25, 0.3) is 0 Å². The van der Waals surface area contributed by atoms with Crippen molar-refractivity contribution in [3.8, 4) is 23.1 Å². The predicted octanol–water partition coefficient (Wildman–Crippen LogP) is 4.55. The van der Waals surface area contributed by atoms with E-state index in [0.29, 0.717) is 23.8 Å². The van der Waals surface area contributed by atoms with E-state index >= 15 is 0 Å². The number of hydrogen-bond acceptors (Lipinski definition) is 6. The van der Waals surface area contributed by atoms with Crippen LogP contribution in [0, 0.1) is 11.3 Å². The number of benzene rings is 2. The van der Waals surface area contributed by atoms with Crippen LogP contribution >= 0.6 is 0 Å². The molecule has 3 aromatic heterocycles. The third-order valence-electron chi connectivity index (χ3n) is 5.18. The summed E-state index contributed by atoms with van der Waals surface area (Å²) in [6.45, 7) is 0.639. The zero-order chi connectivity index (χ0) is 21.9. The molecule has 7 nitrogen and oxygen atoms in total. The maximum absolute atomic E-state index is 9.06. The Morgan fingerprint density at radius 1 is 0.938 bits per heavy atom. The average Bonchev–Trinajstić information content (AvgIpc) is 3.23. The third kappa shape index (κ3) is 3.61. The molecule has 7 heteroatoms. The van der Waals surface area contributed by atoms with Crippen LogP contribution in [0.1, 0.15) is 11.1 Å². The van der Waals surface area contributed by atoms with Gasteiger partial charge in [-0.05, 0) is 60.2 Å². The van der Waals surface area contributed by atoms with Crippen LogP contribution in [0.3, 0.4) is 0 Å². The van der Waals surface area contributed by atoms with Gasteiger partial charge in [-0.15, -0.1) is 0 Å². The summed E-state index contributed by atoms with van der Waals surface area (Å²) in [6.07, 6.45) is 3.42. The lowest BCUT2D eigenvalue weighted by atomic mass is 10.1. The van der Waals surface area contributed by atoms with Crippen molar-refractivity contribution in [3.05, 3.63) is 96.3 Å². The molecule has 3 N–H and O–H groups in total. The van der Waals surface area contributed by atoms with E-state index in [4.69, 9.17) is 16.0 Å². The first-order chi connectivity index (χ1) is 15.7. The molecule has 0 aliphatic carbocycles. The normalized spacial score (nSPS) is 10.7. The van der Waals surface area contributed by atoms with Crippen LogP contribution in [-0.2, 0) is 6.54 Å². The van der Waals surface area contributed by atoms with E-state index in [2.05, 4.69) is 33.5 Å². The van der Waals surface area contributed by atoms with Crippen molar-refractivity contribution in [2.75, 3.05) is 11.1 Å². The first kappa shape index (κ1) is 19.3. The van der Waals surface area contributed by atoms with Crippen molar-refractivity contribution in [3.63, 3.8) is 0 Å². The molecule has 0 atom stereocenters. The van der Waals surface area contributed by atoms with Gasteiger partial charge < -0.3 is 11.1 Å². The number of anilines is 2. The summed E-state index contributed by atoms with van der Waals surface area (Å²) in [5, 5.41) is 12.4. The van der Waals surface area contributed by atoms with Crippen molar-refractivity contribution in [2.45, 2.75) is 6.54 Å². The van der Waals surface area contributed by atoms with E-state index in [1.54, 1.807) is 18.5 Å². The molecule has 0 aliphatic heterocycles. The second-order valence-electron chi connectivity index (χ2n) is 7.27. The maximum Gasteiger partial charge on any atom is 0.164 e. The van der Waals surface area contributed by atoms with Crippen molar-refractivity contribution in [1.82, 2.24) is 19.5 Å². The molecule has 0 bridgehead atoms. The van der Waals surface area contributed by atoms with Gasteiger partial charge in [0, 0.05) is 30.3 Å². The highest BCUT2D eigenvalue weighted by atomic mass is 15.1. The monoisotopic (exact) mass is 417 g/mol. The summed E-state index contributed by atoms with van der Waals surface area (Å²) in [6, 6.07) is 25.3. The number of aromatic nitrogens is 4. The van der Waals surface area contributed by atoms with Crippen molar-refractivity contribution >= 4 is 22.7 Å². The number of nitrogens with two attached hydrogens (primary N) is 1. The van der Waals surface area contributed by atoms with Gasteiger partial charge in [0.1, 0.15) is 11.3 Å². The lowest BCUT2D eigenvalue weighted by Gasteiger charge is -2.11. The Hall–Kier alpha value is -4.70. The van der Waals surface area contributed by atoms with E-state index in [0.717, 1.165) is 33.7 Å². The van der Waals surface area contributed by atoms with E-state index < -0.39 is 0 Å². The molecule has 5 aromatic rings. The fourth-order valence-electron chi connectivity index (χ4n) is 3.61. The number of imidazole rings is 1. The Kier molecular flexibility index (Phi) is 4.94. The second-order valence-corrected chi connectivity index (χ2v) is 7.27. The lowest BCUT2D eigenvalue weighted by Crippen LogP contribution is -2.03. The minimum Gasteiger partial charge on any atom is -0.383 e. The summed E-state index contributed by atoms with van der Waals surface area (Å²) in [4.78, 5) is 13.5. The van der Waals surface area contributed by atoms with Crippen molar-refractivity contribution in [1.29, 1.82) is 5.26 Å². The predicted molar refractivity (Wildman–Crippen MR) is 125 cm³/mol. The highest BCUT2D eigenvalue weighted by molar-refractivity contribution is 5.82. The van der Waals surface area contributed by atoms with Crippen LogP contribution in [-0.4, -0.2) is 19.5 Å². The molecule has 0 saturated carbocycles. The number of nitriles is 1. The van der Waals surface area contributed by atoms with Crippen molar-refractivity contribution in [2.24, 2.45) is 0 Å². The Morgan fingerprint density at radius 2 is 1.75 bits per heavy atom. The number of pyridine rings is 2. The van der Waals surface area contributed by atoms with Crippen LogP contribution in [0.4, 0.5) is 11.5 Å². The van der Waals surface area contributed by atoms with E-state index in [1.165, 1.54) is 0 Å². The van der Waals surface area contributed by atoms with Gasteiger partial charge in [-0.3, -0.25) is 4.57 Å². The number of rotatable bonds is 5. The van der Waals surface area contributed by atoms with Crippen LogP contribution in [0.5, 0.6) is 0 Å². The minimum absolute atomic E-state index is 0.421. The Bertz CT molecular complexity index is 1450. The molecule has 2 aromatic carbocycles. The van der Waals surface area contributed by atoms with Crippen molar-refractivity contribution < 1.29 is 0 Å². The molecule has 0 aliphatic rings. The van der Waals surface area contributed by atoms with E-state index in [-0.39, 0.29) is 0 Å². The Labute approximate surface area is 184 Å². The van der Waals surface area contributed by atoms with Gasteiger partial charge in [-0.2, -0.15) is 5.26 Å². The average molecular weight is 417 g/mol. The first-order valence-electron chi connectivity index (χ1n) is 10.1. The van der Waals surface area contributed by atoms with Gasteiger partial charge in [0.2, 0.25) is 0 Å². The minimum atomic E-state index is 0.421. The van der Waals surface area contributed by atoms with Crippen LogP contribution in [0.2, 0.25) is 0 Å². The number of nitrogen functional groups attached to an aromatic ring is 1. The summed E-state index contributed by atoms with van der Waals surface area (Å²) in [5.74, 6) is 1.12. The number of fused-ring (bicyclic) bond motifs is 1. The first-order valence-corrected chi connectivity index (χ1v) is 10.1. The Balaban J connectivity index is 1.49. The zero-order valence-corrected chi connectivity index (χ0v) is 17.1. The van der Waals surface area contributed by atoms with E-state index in [9.17, 15) is 0 Å². The summed E-state index contributed by atoms with van der Waals surface area (Å²) >= 11 is 0. The molecular formula is C25H19N7. The van der Waals surface area contributed by atoms with Crippen LogP contribution < -0.4 is 11.1 Å². The Morgan fingerprint density at radius 3 is 2.56 bits per heavy atom. The quantitative estimate of drug-likeness (QED) is 0.435. The van der Waals surface area contributed by atoms with Crippen LogP contribution in [0.15, 0.2) is 85.2 Å². The third-order valence-corrected chi connectivity index (χ3v) is 5.18. The van der Waals surface area contributed by atoms with Crippen LogP contribution in [0.25, 0.3) is 28.2 Å². The molecule has 5 rings (SSSR count). The molecule has 0 radical (unpaired) electrons.